The van der Waals surface area contributed by atoms with E-state index in [0.717, 1.165) is 35.1 Å². The zero-order chi connectivity index (χ0) is 24.8. The van der Waals surface area contributed by atoms with Gasteiger partial charge in [-0.1, -0.05) is 32.0 Å². The number of hydrogen-bond acceptors (Lipinski definition) is 4. The Labute approximate surface area is 201 Å². The first kappa shape index (κ1) is 25.4. The van der Waals surface area contributed by atoms with Crippen LogP contribution in [0.2, 0.25) is 0 Å². The molecule has 0 aliphatic carbocycles. The first-order valence-corrected chi connectivity index (χ1v) is 12.0. The van der Waals surface area contributed by atoms with Gasteiger partial charge in [0.25, 0.3) is 0 Å². The molecule has 0 saturated carbocycles. The molecule has 2 heterocycles. The summed E-state index contributed by atoms with van der Waals surface area (Å²) in [6.07, 6.45) is 5.77. The van der Waals surface area contributed by atoms with Crippen LogP contribution in [0.1, 0.15) is 68.7 Å². The van der Waals surface area contributed by atoms with Crippen molar-refractivity contribution in [3.8, 4) is 11.1 Å². The Morgan fingerprint density at radius 3 is 2.47 bits per heavy atom. The van der Waals surface area contributed by atoms with E-state index in [1.54, 1.807) is 17.3 Å². The van der Waals surface area contributed by atoms with Crippen molar-refractivity contribution >= 4 is 17.8 Å². The molecule has 34 heavy (non-hydrogen) atoms. The average Bonchev–Trinajstić information content (AvgIpc) is 2.77. The molecule has 1 aromatic heterocycles. The molecular weight excluding hydrogens is 430 g/mol. The quantitative estimate of drug-likeness (QED) is 0.571. The maximum absolute atomic E-state index is 13.4. The number of benzene rings is 1. The van der Waals surface area contributed by atoms with E-state index in [1.807, 2.05) is 52.0 Å². The zero-order valence-corrected chi connectivity index (χ0v) is 20.5. The van der Waals surface area contributed by atoms with Gasteiger partial charge in [0.1, 0.15) is 6.04 Å². The summed E-state index contributed by atoms with van der Waals surface area (Å²) in [5.41, 5.74) is 4.75. The van der Waals surface area contributed by atoms with E-state index in [9.17, 15) is 19.5 Å². The fourth-order valence-electron chi connectivity index (χ4n) is 4.73. The number of rotatable bonds is 9. The lowest BCUT2D eigenvalue weighted by Crippen LogP contribution is -2.52. The van der Waals surface area contributed by atoms with Gasteiger partial charge in [-0.15, -0.1) is 0 Å². The molecule has 3 rings (SSSR count). The minimum absolute atomic E-state index is 0.0134. The largest absolute Gasteiger partial charge is 0.481 e. The van der Waals surface area contributed by atoms with E-state index in [2.05, 4.69) is 10.3 Å². The Balaban J connectivity index is 1.92. The molecule has 2 aromatic rings. The molecule has 1 aromatic carbocycles. The summed E-state index contributed by atoms with van der Waals surface area (Å²) in [7, 11) is 0. The first-order chi connectivity index (χ1) is 16.2. The number of carbonyl (C=O) groups is 3. The summed E-state index contributed by atoms with van der Waals surface area (Å²) in [4.78, 5) is 43.7. The van der Waals surface area contributed by atoms with Crippen LogP contribution in [-0.2, 0) is 14.4 Å². The van der Waals surface area contributed by atoms with Gasteiger partial charge in [-0.2, -0.15) is 0 Å². The molecule has 1 saturated heterocycles. The lowest BCUT2D eigenvalue weighted by atomic mass is 9.94. The van der Waals surface area contributed by atoms with Crippen molar-refractivity contribution in [3.05, 3.63) is 53.3 Å². The smallest absolute Gasteiger partial charge is 0.305 e. The number of aliphatic carboxylic acids is 1. The van der Waals surface area contributed by atoms with Crippen LogP contribution in [-0.4, -0.2) is 45.4 Å². The molecule has 182 valence electrons. The maximum atomic E-state index is 13.4. The number of nitrogens with zero attached hydrogens (tertiary/aromatic N) is 2. The van der Waals surface area contributed by atoms with Gasteiger partial charge in [-0.3, -0.25) is 19.4 Å². The molecular formula is C27H35N3O4. The fraction of sp³-hybridized carbons (Fsp3) is 0.481. The number of nitrogens with one attached hydrogen (secondary N) is 1. The van der Waals surface area contributed by atoms with Crippen molar-refractivity contribution in [1.82, 2.24) is 15.2 Å². The van der Waals surface area contributed by atoms with Gasteiger partial charge in [0.15, 0.2) is 0 Å². The number of hydrogen-bond donors (Lipinski definition) is 2. The molecule has 1 fully saturated rings. The van der Waals surface area contributed by atoms with Crippen LogP contribution in [0.5, 0.6) is 0 Å². The summed E-state index contributed by atoms with van der Waals surface area (Å²) in [6.45, 7) is 8.63. The van der Waals surface area contributed by atoms with Crippen molar-refractivity contribution in [2.75, 3.05) is 6.54 Å². The van der Waals surface area contributed by atoms with E-state index < -0.39 is 18.1 Å². The third-order valence-corrected chi connectivity index (χ3v) is 6.36. The summed E-state index contributed by atoms with van der Waals surface area (Å²) >= 11 is 0. The van der Waals surface area contributed by atoms with E-state index in [0.29, 0.717) is 24.9 Å². The lowest BCUT2D eigenvalue weighted by molar-refractivity contribution is -0.144. The maximum Gasteiger partial charge on any atom is 0.305 e. The Hall–Kier alpha value is -3.22. The Bertz CT molecular complexity index is 1030. The van der Waals surface area contributed by atoms with Crippen LogP contribution in [0.15, 0.2) is 36.7 Å². The van der Waals surface area contributed by atoms with E-state index in [-0.39, 0.29) is 24.2 Å². The van der Waals surface area contributed by atoms with Crippen LogP contribution in [0.25, 0.3) is 11.1 Å². The van der Waals surface area contributed by atoms with Crippen LogP contribution in [0.4, 0.5) is 0 Å². The SMILES string of the molecule is Cc1cccc(C)c1-c1cncc(C(CC(=O)O)NC(=O)C(CC(C)C)N2CCCCC2=O)c1. The second-order valence-corrected chi connectivity index (χ2v) is 9.62. The lowest BCUT2D eigenvalue weighted by Gasteiger charge is -2.35. The third-order valence-electron chi connectivity index (χ3n) is 6.36. The summed E-state index contributed by atoms with van der Waals surface area (Å²) in [6, 6.07) is 6.58. The topological polar surface area (TPSA) is 99.6 Å². The van der Waals surface area contributed by atoms with E-state index >= 15 is 0 Å². The third kappa shape index (κ3) is 6.22. The van der Waals surface area contributed by atoms with E-state index in [4.69, 9.17) is 0 Å². The summed E-state index contributed by atoms with van der Waals surface area (Å²) in [5, 5.41) is 12.5. The summed E-state index contributed by atoms with van der Waals surface area (Å²) < 4.78 is 0. The number of amides is 2. The van der Waals surface area contributed by atoms with Crippen LogP contribution in [0, 0.1) is 19.8 Å². The Morgan fingerprint density at radius 1 is 1.15 bits per heavy atom. The molecule has 2 atom stereocenters. The number of piperidine rings is 1. The molecule has 7 nitrogen and oxygen atoms in total. The van der Waals surface area contributed by atoms with Crippen LogP contribution >= 0.6 is 0 Å². The normalized spacial score (nSPS) is 15.8. The molecule has 1 aliphatic rings. The zero-order valence-electron chi connectivity index (χ0n) is 20.5. The average molecular weight is 466 g/mol. The van der Waals surface area contributed by atoms with Gasteiger partial charge in [-0.25, -0.2) is 0 Å². The predicted molar refractivity (Wildman–Crippen MR) is 131 cm³/mol. The first-order valence-electron chi connectivity index (χ1n) is 12.0. The van der Waals surface area contributed by atoms with Crippen molar-refractivity contribution in [2.45, 2.75) is 71.9 Å². The minimum atomic E-state index is -1.02. The van der Waals surface area contributed by atoms with E-state index in [1.165, 1.54) is 0 Å². The van der Waals surface area contributed by atoms with Gasteiger partial charge in [0.2, 0.25) is 11.8 Å². The fourth-order valence-corrected chi connectivity index (χ4v) is 4.73. The second-order valence-electron chi connectivity index (χ2n) is 9.62. The van der Waals surface area contributed by atoms with Crippen molar-refractivity contribution < 1.29 is 19.5 Å². The molecule has 0 bridgehead atoms. The van der Waals surface area contributed by atoms with Gasteiger partial charge < -0.3 is 15.3 Å². The van der Waals surface area contributed by atoms with Gasteiger partial charge in [-0.05, 0) is 67.3 Å². The molecule has 0 spiro atoms. The molecule has 2 amide bonds. The van der Waals surface area contributed by atoms with Gasteiger partial charge >= 0.3 is 5.97 Å². The second kappa shape index (κ2) is 11.3. The standard InChI is InChI=1S/C27H35N3O4/c1-17(2)12-23(30-11-6-5-10-24(30)31)27(34)29-22(14-25(32)33)20-13-21(16-28-15-20)26-18(3)8-7-9-19(26)4/h7-9,13,15-17,22-23H,5-6,10-12,14H2,1-4H3,(H,29,34)(H,32,33). The molecule has 2 N–H and O–H groups in total. The Morgan fingerprint density at radius 2 is 1.85 bits per heavy atom. The number of carboxylic acids is 1. The number of likely N-dealkylation sites (tertiary alicyclic amines) is 1. The number of carboxylic acid groups (broad SMARTS) is 1. The van der Waals surface area contributed by atoms with Gasteiger partial charge in [0, 0.05) is 30.9 Å². The summed E-state index contributed by atoms with van der Waals surface area (Å²) in [5.74, 6) is -1.14. The van der Waals surface area contributed by atoms with Crippen molar-refractivity contribution in [2.24, 2.45) is 5.92 Å². The predicted octanol–water partition coefficient (Wildman–Crippen LogP) is 4.42. The number of carbonyl (C=O) groups excluding carboxylic acids is 2. The highest BCUT2D eigenvalue weighted by molar-refractivity contribution is 5.88. The van der Waals surface area contributed by atoms with Crippen molar-refractivity contribution in [3.63, 3.8) is 0 Å². The monoisotopic (exact) mass is 465 g/mol. The highest BCUT2D eigenvalue weighted by atomic mass is 16.4. The number of pyridine rings is 1. The highest BCUT2D eigenvalue weighted by Crippen LogP contribution is 2.29. The molecule has 7 heteroatoms. The number of aromatic nitrogens is 1. The van der Waals surface area contributed by atoms with Crippen LogP contribution in [0.3, 0.4) is 0 Å². The minimum Gasteiger partial charge on any atom is -0.481 e. The molecule has 1 aliphatic heterocycles. The van der Waals surface area contributed by atoms with Crippen molar-refractivity contribution in [1.29, 1.82) is 0 Å². The highest BCUT2D eigenvalue weighted by Gasteiger charge is 2.33. The van der Waals surface area contributed by atoms with Crippen LogP contribution < -0.4 is 5.32 Å². The molecule has 0 radical (unpaired) electrons. The molecule has 2 unspecified atom stereocenters. The van der Waals surface area contributed by atoms with Gasteiger partial charge in [0.05, 0.1) is 12.5 Å². The number of aryl methyl sites for hydroxylation is 2. The Kier molecular flexibility index (Phi) is 8.42.